The Morgan fingerprint density at radius 3 is 2.17 bits per heavy atom. The SMILES string of the molecule is CCC(C)NCC(C)Oc1ccc(C(C)C)cc1. The van der Waals surface area contributed by atoms with E-state index in [1.54, 1.807) is 0 Å². The summed E-state index contributed by atoms with van der Waals surface area (Å²) < 4.78 is 5.88. The molecule has 0 heterocycles. The van der Waals surface area contributed by atoms with Crippen LogP contribution in [0.5, 0.6) is 5.75 Å². The zero-order chi connectivity index (χ0) is 13.5. The van der Waals surface area contributed by atoms with Gasteiger partial charge in [0.25, 0.3) is 0 Å². The molecule has 0 aliphatic carbocycles. The summed E-state index contributed by atoms with van der Waals surface area (Å²) in [7, 11) is 0. The summed E-state index contributed by atoms with van der Waals surface area (Å²) in [5.41, 5.74) is 1.35. The number of ether oxygens (including phenoxy) is 1. The average Bonchev–Trinajstić information content (AvgIpc) is 2.36. The topological polar surface area (TPSA) is 21.3 Å². The Morgan fingerprint density at radius 1 is 1.06 bits per heavy atom. The van der Waals surface area contributed by atoms with Crippen LogP contribution in [0.25, 0.3) is 0 Å². The third-order valence-electron chi connectivity index (χ3n) is 3.25. The summed E-state index contributed by atoms with van der Waals surface area (Å²) >= 11 is 0. The van der Waals surface area contributed by atoms with Gasteiger partial charge in [-0.15, -0.1) is 0 Å². The summed E-state index contributed by atoms with van der Waals surface area (Å²) in [6.45, 7) is 11.8. The summed E-state index contributed by atoms with van der Waals surface area (Å²) in [6, 6.07) is 8.98. The predicted molar refractivity (Wildman–Crippen MR) is 78.4 cm³/mol. The quantitative estimate of drug-likeness (QED) is 0.789. The first-order valence-corrected chi connectivity index (χ1v) is 7.03. The fraction of sp³-hybridized carbons (Fsp3) is 0.625. The maximum atomic E-state index is 5.88. The Labute approximate surface area is 112 Å². The minimum absolute atomic E-state index is 0.198. The maximum Gasteiger partial charge on any atom is 0.119 e. The molecule has 0 aliphatic rings. The first-order chi connectivity index (χ1) is 8.52. The Kier molecular flexibility index (Phi) is 6.20. The Bertz CT molecular complexity index is 331. The van der Waals surface area contributed by atoms with E-state index >= 15 is 0 Å². The van der Waals surface area contributed by atoms with Crippen molar-refractivity contribution >= 4 is 0 Å². The van der Waals surface area contributed by atoms with Crippen molar-refractivity contribution in [2.24, 2.45) is 0 Å². The van der Waals surface area contributed by atoms with Crippen molar-refractivity contribution in [3.8, 4) is 5.75 Å². The van der Waals surface area contributed by atoms with Crippen LogP contribution in [0.15, 0.2) is 24.3 Å². The van der Waals surface area contributed by atoms with Gasteiger partial charge in [-0.05, 0) is 43.9 Å². The van der Waals surface area contributed by atoms with E-state index in [-0.39, 0.29) is 6.10 Å². The normalized spacial score (nSPS) is 14.6. The Morgan fingerprint density at radius 2 is 1.67 bits per heavy atom. The third kappa shape index (κ3) is 5.09. The minimum Gasteiger partial charge on any atom is -0.489 e. The fourth-order valence-electron chi connectivity index (χ4n) is 1.72. The van der Waals surface area contributed by atoms with E-state index in [2.05, 4.69) is 64.2 Å². The van der Waals surface area contributed by atoms with Crippen molar-refractivity contribution in [1.82, 2.24) is 5.32 Å². The second kappa shape index (κ2) is 7.42. The molecule has 1 rings (SSSR count). The highest BCUT2D eigenvalue weighted by molar-refractivity contribution is 5.29. The smallest absolute Gasteiger partial charge is 0.119 e. The highest BCUT2D eigenvalue weighted by Gasteiger charge is 2.06. The molecule has 0 radical (unpaired) electrons. The zero-order valence-electron chi connectivity index (χ0n) is 12.4. The molecule has 1 aromatic carbocycles. The van der Waals surface area contributed by atoms with Crippen LogP contribution >= 0.6 is 0 Å². The van der Waals surface area contributed by atoms with Gasteiger partial charge in [0, 0.05) is 12.6 Å². The molecule has 18 heavy (non-hydrogen) atoms. The van der Waals surface area contributed by atoms with Gasteiger partial charge >= 0.3 is 0 Å². The van der Waals surface area contributed by atoms with Crippen molar-refractivity contribution in [2.75, 3.05) is 6.54 Å². The van der Waals surface area contributed by atoms with Gasteiger partial charge in [0.1, 0.15) is 11.9 Å². The molecule has 2 heteroatoms. The zero-order valence-corrected chi connectivity index (χ0v) is 12.4. The Balaban J connectivity index is 2.42. The van der Waals surface area contributed by atoms with Crippen molar-refractivity contribution in [1.29, 1.82) is 0 Å². The molecule has 0 amide bonds. The second-order valence-electron chi connectivity index (χ2n) is 5.37. The van der Waals surface area contributed by atoms with E-state index in [1.165, 1.54) is 5.56 Å². The Hall–Kier alpha value is -1.02. The van der Waals surface area contributed by atoms with E-state index in [0.717, 1.165) is 18.7 Å². The highest BCUT2D eigenvalue weighted by atomic mass is 16.5. The monoisotopic (exact) mass is 249 g/mol. The van der Waals surface area contributed by atoms with Crippen molar-refractivity contribution in [3.05, 3.63) is 29.8 Å². The lowest BCUT2D eigenvalue weighted by Crippen LogP contribution is -2.34. The molecule has 1 aromatic rings. The summed E-state index contributed by atoms with van der Waals surface area (Å²) in [4.78, 5) is 0. The maximum absolute atomic E-state index is 5.88. The highest BCUT2D eigenvalue weighted by Crippen LogP contribution is 2.19. The number of rotatable bonds is 7. The van der Waals surface area contributed by atoms with Gasteiger partial charge in [0.15, 0.2) is 0 Å². The lowest BCUT2D eigenvalue weighted by atomic mass is 10.0. The lowest BCUT2D eigenvalue weighted by Gasteiger charge is -2.18. The van der Waals surface area contributed by atoms with Gasteiger partial charge in [-0.3, -0.25) is 0 Å². The fourth-order valence-corrected chi connectivity index (χ4v) is 1.72. The largest absolute Gasteiger partial charge is 0.489 e. The van der Waals surface area contributed by atoms with Crippen molar-refractivity contribution in [3.63, 3.8) is 0 Å². The number of benzene rings is 1. The van der Waals surface area contributed by atoms with Gasteiger partial charge < -0.3 is 10.1 Å². The lowest BCUT2D eigenvalue weighted by molar-refractivity contribution is 0.212. The summed E-state index contributed by atoms with van der Waals surface area (Å²) in [5, 5.41) is 3.46. The number of hydrogen-bond acceptors (Lipinski definition) is 2. The van der Waals surface area contributed by atoms with Crippen LogP contribution in [-0.4, -0.2) is 18.7 Å². The molecule has 2 nitrogen and oxygen atoms in total. The summed E-state index contributed by atoms with van der Waals surface area (Å²) in [5.74, 6) is 1.53. The molecule has 1 N–H and O–H groups in total. The van der Waals surface area contributed by atoms with Crippen LogP contribution in [0.1, 0.15) is 52.5 Å². The second-order valence-corrected chi connectivity index (χ2v) is 5.37. The molecular formula is C16H27NO. The van der Waals surface area contributed by atoms with E-state index in [4.69, 9.17) is 4.74 Å². The molecule has 0 spiro atoms. The minimum atomic E-state index is 0.198. The van der Waals surface area contributed by atoms with Gasteiger partial charge in [-0.25, -0.2) is 0 Å². The van der Waals surface area contributed by atoms with E-state index in [1.807, 2.05) is 0 Å². The van der Waals surface area contributed by atoms with Crippen LogP contribution in [0.2, 0.25) is 0 Å². The molecule has 0 aliphatic heterocycles. The standard InChI is InChI=1S/C16H27NO/c1-6-13(4)17-11-14(5)18-16-9-7-15(8-10-16)12(2)3/h7-10,12-14,17H,6,11H2,1-5H3. The first kappa shape index (κ1) is 15.0. The molecule has 2 unspecified atom stereocenters. The molecular weight excluding hydrogens is 222 g/mol. The van der Waals surface area contributed by atoms with E-state index in [9.17, 15) is 0 Å². The molecule has 0 fully saturated rings. The molecule has 2 atom stereocenters. The van der Waals surface area contributed by atoms with Crippen molar-refractivity contribution in [2.45, 2.75) is 59.1 Å². The van der Waals surface area contributed by atoms with Crippen LogP contribution in [0.3, 0.4) is 0 Å². The van der Waals surface area contributed by atoms with Gasteiger partial charge in [-0.1, -0.05) is 32.9 Å². The van der Waals surface area contributed by atoms with Crippen LogP contribution < -0.4 is 10.1 Å². The van der Waals surface area contributed by atoms with Crippen LogP contribution in [-0.2, 0) is 0 Å². The molecule has 0 aromatic heterocycles. The molecule has 0 bridgehead atoms. The van der Waals surface area contributed by atoms with Crippen LogP contribution in [0, 0.1) is 0 Å². The van der Waals surface area contributed by atoms with E-state index < -0.39 is 0 Å². The van der Waals surface area contributed by atoms with Crippen molar-refractivity contribution < 1.29 is 4.74 Å². The summed E-state index contributed by atoms with van der Waals surface area (Å²) in [6.07, 6.45) is 1.35. The average molecular weight is 249 g/mol. The van der Waals surface area contributed by atoms with Crippen LogP contribution in [0.4, 0.5) is 0 Å². The number of nitrogens with one attached hydrogen (secondary N) is 1. The first-order valence-electron chi connectivity index (χ1n) is 7.03. The number of hydrogen-bond donors (Lipinski definition) is 1. The van der Waals surface area contributed by atoms with Gasteiger partial charge in [0.2, 0.25) is 0 Å². The van der Waals surface area contributed by atoms with Gasteiger partial charge in [-0.2, -0.15) is 0 Å². The molecule has 0 saturated carbocycles. The van der Waals surface area contributed by atoms with Gasteiger partial charge in [0.05, 0.1) is 0 Å². The molecule has 102 valence electrons. The predicted octanol–water partition coefficient (Wildman–Crippen LogP) is 3.97. The molecule has 0 saturated heterocycles. The third-order valence-corrected chi connectivity index (χ3v) is 3.25. The van der Waals surface area contributed by atoms with E-state index in [0.29, 0.717) is 12.0 Å².